The SMILES string of the molecule is CNC1(C#N)CCCC(Sc2cccc(Br)c2)C1. The monoisotopic (exact) mass is 324 g/mol. The average Bonchev–Trinajstić information content (AvgIpc) is 2.39. The van der Waals surface area contributed by atoms with Gasteiger partial charge in [-0.25, -0.2) is 0 Å². The first kappa shape index (κ1) is 13.9. The summed E-state index contributed by atoms with van der Waals surface area (Å²) in [7, 11) is 1.90. The summed E-state index contributed by atoms with van der Waals surface area (Å²) in [6.45, 7) is 0. The number of thioether (sulfide) groups is 1. The third kappa shape index (κ3) is 3.28. The number of rotatable bonds is 3. The lowest BCUT2D eigenvalue weighted by molar-refractivity contribution is 0.323. The highest BCUT2D eigenvalue weighted by Crippen LogP contribution is 2.38. The van der Waals surface area contributed by atoms with Crippen LogP contribution in [0.1, 0.15) is 25.7 Å². The number of halogens is 1. The Kier molecular flexibility index (Phi) is 4.71. The van der Waals surface area contributed by atoms with Gasteiger partial charge in [-0.15, -0.1) is 11.8 Å². The fraction of sp³-hybridized carbons (Fsp3) is 0.500. The molecular weight excluding hydrogens is 308 g/mol. The molecule has 4 heteroatoms. The normalized spacial score (nSPS) is 27.7. The van der Waals surface area contributed by atoms with E-state index in [1.165, 1.54) is 11.3 Å². The summed E-state index contributed by atoms with van der Waals surface area (Å²) in [5.41, 5.74) is -0.318. The minimum absolute atomic E-state index is 0.318. The molecule has 0 aliphatic heterocycles. The van der Waals surface area contributed by atoms with Crippen LogP contribution < -0.4 is 5.32 Å². The van der Waals surface area contributed by atoms with Crippen molar-refractivity contribution in [2.75, 3.05) is 7.05 Å². The quantitative estimate of drug-likeness (QED) is 0.913. The van der Waals surface area contributed by atoms with Gasteiger partial charge in [0.15, 0.2) is 0 Å². The van der Waals surface area contributed by atoms with Crippen molar-refractivity contribution < 1.29 is 0 Å². The van der Waals surface area contributed by atoms with E-state index in [0.29, 0.717) is 5.25 Å². The summed E-state index contributed by atoms with van der Waals surface area (Å²) in [5, 5.41) is 13.1. The number of hydrogen-bond donors (Lipinski definition) is 1. The number of hydrogen-bond acceptors (Lipinski definition) is 3. The molecule has 0 saturated heterocycles. The van der Waals surface area contributed by atoms with Gasteiger partial charge in [-0.2, -0.15) is 5.26 Å². The first-order chi connectivity index (χ1) is 8.67. The molecule has 0 heterocycles. The molecule has 0 bridgehead atoms. The molecule has 1 fully saturated rings. The Labute approximate surface area is 121 Å². The predicted octanol–water partition coefficient (Wildman–Crippen LogP) is 3.97. The molecule has 2 rings (SSSR count). The molecule has 1 saturated carbocycles. The van der Waals surface area contributed by atoms with Crippen molar-refractivity contribution in [1.82, 2.24) is 5.32 Å². The third-order valence-electron chi connectivity index (χ3n) is 3.50. The first-order valence-electron chi connectivity index (χ1n) is 6.20. The van der Waals surface area contributed by atoms with E-state index in [1.54, 1.807) is 0 Å². The molecule has 0 aromatic heterocycles. The standard InChI is InChI=1S/C14H17BrN2S/c1-17-14(10-16)7-3-6-13(9-14)18-12-5-2-4-11(15)8-12/h2,4-5,8,13,17H,3,6-7,9H2,1H3. The molecule has 1 aromatic rings. The molecule has 18 heavy (non-hydrogen) atoms. The second-order valence-electron chi connectivity index (χ2n) is 4.74. The van der Waals surface area contributed by atoms with Crippen LogP contribution in [0.2, 0.25) is 0 Å². The highest BCUT2D eigenvalue weighted by molar-refractivity contribution is 9.10. The second kappa shape index (κ2) is 6.10. The fourth-order valence-corrected chi connectivity index (χ4v) is 4.38. The van der Waals surface area contributed by atoms with Gasteiger partial charge in [0.1, 0.15) is 5.54 Å². The van der Waals surface area contributed by atoms with Crippen molar-refractivity contribution in [1.29, 1.82) is 5.26 Å². The molecule has 2 nitrogen and oxygen atoms in total. The van der Waals surface area contributed by atoms with Crippen LogP contribution in [0.25, 0.3) is 0 Å². The maximum atomic E-state index is 9.34. The number of nitriles is 1. The van der Waals surface area contributed by atoms with Crippen molar-refractivity contribution in [3.8, 4) is 6.07 Å². The maximum absolute atomic E-state index is 9.34. The van der Waals surface area contributed by atoms with Crippen LogP contribution in [0, 0.1) is 11.3 Å². The Morgan fingerprint density at radius 3 is 3.06 bits per heavy atom. The summed E-state index contributed by atoms with van der Waals surface area (Å²) >= 11 is 5.39. The Morgan fingerprint density at radius 2 is 2.39 bits per heavy atom. The summed E-state index contributed by atoms with van der Waals surface area (Å²) in [5.74, 6) is 0. The van der Waals surface area contributed by atoms with E-state index in [0.717, 1.165) is 23.7 Å². The Balaban J connectivity index is 2.04. The largest absolute Gasteiger partial charge is 0.302 e. The van der Waals surface area contributed by atoms with E-state index in [4.69, 9.17) is 0 Å². The lowest BCUT2D eigenvalue weighted by Gasteiger charge is -2.35. The molecule has 1 aliphatic carbocycles. The average molecular weight is 325 g/mol. The summed E-state index contributed by atoms with van der Waals surface area (Å²) < 4.78 is 1.11. The van der Waals surface area contributed by atoms with Crippen LogP contribution in [0.3, 0.4) is 0 Å². The van der Waals surface area contributed by atoms with Gasteiger partial charge in [0.25, 0.3) is 0 Å². The van der Waals surface area contributed by atoms with Crippen molar-refractivity contribution in [2.24, 2.45) is 0 Å². The minimum atomic E-state index is -0.318. The molecule has 96 valence electrons. The molecule has 1 aliphatic rings. The van der Waals surface area contributed by atoms with Crippen molar-refractivity contribution in [3.05, 3.63) is 28.7 Å². The van der Waals surface area contributed by atoms with Crippen LogP contribution in [0.4, 0.5) is 0 Å². The topological polar surface area (TPSA) is 35.8 Å². The van der Waals surface area contributed by atoms with Gasteiger partial charge >= 0.3 is 0 Å². The van der Waals surface area contributed by atoms with Crippen LogP contribution in [0.5, 0.6) is 0 Å². The zero-order valence-corrected chi connectivity index (χ0v) is 12.9. The lowest BCUT2D eigenvalue weighted by Crippen LogP contribution is -2.46. The molecule has 1 N–H and O–H groups in total. The molecule has 2 atom stereocenters. The van der Waals surface area contributed by atoms with Crippen LogP contribution >= 0.6 is 27.7 Å². The van der Waals surface area contributed by atoms with Gasteiger partial charge in [-0.05, 0) is 50.9 Å². The van der Waals surface area contributed by atoms with Crippen molar-refractivity contribution >= 4 is 27.7 Å². The number of nitrogens with zero attached hydrogens (tertiary/aromatic N) is 1. The molecule has 0 radical (unpaired) electrons. The minimum Gasteiger partial charge on any atom is -0.302 e. The summed E-state index contributed by atoms with van der Waals surface area (Å²) in [6.07, 6.45) is 4.22. The molecular formula is C14H17BrN2S. The summed E-state index contributed by atoms with van der Waals surface area (Å²) in [4.78, 5) is 1.28. The van der Waals surface area contributed by atoms with Gasteiger partial charge in [-0.3, -0.25) is 0 Å². The highest BCUT2D eigenvalue weighted by Gasteiger charge is 2.35. The highest BCUT2D eigenvalue weighted by atomic mass is 79.9. The van der Waals surface area contributed by atoms with E-state index in [9.17, 15) is 5.26 Å². The molecule has 2 unspecified atom stereocenters. The van der Waals surface area contributed by atoms with E-state index in [2.05, 4.69) is 45.5 Å². The zero-order valence-electron chi connectivity index (χ0n) is 10.4. The molecule has 0 spiro atoms. The van der Waals surface area contributed by atoms with Gasteiger partial charge in [0.05, 0.1) is 6.07 Å². The van der Waals surface area contributed by atoms with Gasteiger partial charge in [0, 0.05) is 14.6 Å². The predicted molar refractivity (Wildman–Crippen MR) is 79.7 cm³/mol. The fourth-order valence-electron chi connectivity index (χ4n) is 2.44. The Bertz CT molecular complexity index is 457. The van der Waals surface area contributed by atoms with Crippen molar-refractivity contribution in [2.45, 2.75) is 41.4 Å². The Morgan fingerprint density at radius 1 is 1.56 bits per heavy atom. The van der Waals surface area contributed by atoms with Crippen LogP contribution in [-0.2, 0) is 0 Å². The zero-order chi connectivity index (χ0) is 13.0. The van der Waals surface area contributed by atoms with Crippen molar-refractivity contribution in [3.63, 3.8) is 0 Å². The number of benzene rings is 1. The van der Waals surface area contributed by atoms with E-state index in [-0.39, 0.29) is 5.54 Å². The number of nitrogens with one attached hydrogen (secondary N) is 1. The lowest BCUT2D eigenvalue weighted by atomic mass is 9.83. The maximum Gasteiger partial charge on any atom is 0.107 e. The van der Waals surface area contributed by atoms with E-state index >= 15 is 0 Å². The van der Waals surface area contributed by atoms with Crippen LogP contribution in [-0.4, -0.2) is 17.8 Å². The molecule has 1 aromatic carbocycles. The first-order valence-corrected chi connectivity index (χ1v) is 7.87. The van der Waals surface area contributed by atoms with Gasteiger partial charge in [0.2, 0.25) is 0 Å². The Hall–Kier alpha value is -0.500. The third-order valence-corrected chi connectivity index (χ3v) is 5.25. The van der Waals surface area contributed by atoms with Crippen LogP contribution in [0.15, 0.2) is 33.6 Å². The van der Waals surface area contributed by atoms with Gasteiger partial charge < -0.3 is 5.32 Å². The second-order valence-corrected chi connectivity index (χ2v) is 7.03. The smallest absolute Gasteiger partial charge is 0.107 e. The summed E-state index contributed by atoms with van der Waals surface area (Å²) in [6, 6.07) is 10.8. The molecule has 0 amide bonds. The van der Waals surface area contributed by atoms with E-state index < -0.39 is 0 Å². The van der Waals surface area contributed by atoms with E-state index in [1.807, 2.05) is 24.9 Å². The van der Waals surface area contributed by atoms with Gasteiger partial charge in [-0.1, -0.05) is 22.0 Å².